The minimum absolute atomic E-state index is 0.707. The van der Waals surface area contributed by atoms with Gasteiger partial charge in [-0.15, -0.1) is 0 Å². The molecule has 0 aliphatic rings. The molecule has 0 spiro atoms. The van der Waals surface area contributed by atoms with Gasteiger partial charge >= 0.3 is 0 Å². The molecular formula is C47H31N3. The lowest BCUT2D eigenvalue weighted by Crippen LogP contribution is -1.96. The molecule has 0 saturated heterocycles. The van der Waals surface area contributed by atoms with E-state index < -0.39 is 0 Å². The molecule has 234 valence electrons. The fourth-order valence-corrected chi connectivity index (χ4v) is 6.79. The molecule has 0 N–H and O–H groups in total. The van der Waals surface area contributed by atoms with Gasteiger partial charge in [0.2, 0.25) is 0 Å². The van der Waals surface area contributed by atoms with Gasteiger partial charge in [0.25, 0.3) is 0 Å². The molecule has 2 heterocycles. The molecule has 0 radical (unpaired) electrons. The van der Waals surface area contributed by atoms with Crippen molar-refractivity contribution in [3.63, 3.8) is 0 Å². The summed E-state index contributed by atoms with van der Waals surface area (Å²) >= 11 is 0. The zero-order chi connectivity index (χ0) is 33.3. The zero-order valence-electron chi connectivity index (χ0n) is 27.2. The first-order valence-corrected chi connectivity index (χ1v) is 16.9. The number of fused-ring (bicyclic) bond motifs is 3. The van der Waals surface area contributed by atoms with E-state index in [0.717, 1.165) is 66.8 Å². The zero-order valence-corrected chi connectivity index (χ0v) is 27.2. The molecule has 3 heteroatoms. The topological polar surface area (TPSA) is 38.7 Å². The second-order valence-electron chi connectivity index (χ2n) is 12.4. The lowest BCUT2D eigenvalue weighted by Gasteiger charge is -2.16. The van der Waals surface area contributed by atoms with Crippen molar-refractivity contribution in [1.82, 2.24) is 15.0 Å². The monoisotopic (exact) mass is 637 g/mol. The first-order valence-electron chi connectivity index (χ1n) is 16.9. The standard InChI is InChI=1S/C47H31N3/c1-5-15-32(16-6-1)40-29-42-41(30-43(34-17-7-2-8-18-34)48-46(42)39-24-14-13-23-38(39)40)33-25-27-36(28-26-33)45-31-44(35-19-9-3-10-20-35)49-47(50-45)37-21-11-4-12-22-37/h1-31H. The van der Waals surface area contributed by atoms with E-state index in [1.165, 1.54) is 16.5 Å². The van der Waals surface area contributed by atoms with Crippen LogP contribution in [0.3, 0.4) is 0 Å². The molecule has 0 saturated carbocycles. The Morgan fingerprint density at radius 3 is 1.24 bits per heavy atom. The number of hydrogen-bond donors (Lipinski definition) is 0. The van der Waals surface area contributed by atoms with Crippen molar-refractivity contribution in [1.29, 1.82) is 0 Å². The fourth-order valence-electron chi connectivity index (χ4n) is 6.79. The summed E-state index contributed by atoms with van der Waals surface area (Å²) in [5.41, 5.74) is 12.5. The number of hydrogen-bond acceptors (Lipinski definition) is 3. The van der Waals surface area contributed by atoms with Gasteiger partial charge < -0.3 is 0 Å². The van der Waals surface area contributed by atoms with Crippen LogP contribution in [0.25, 0.3) is 89.1 Å². The van der Waals surface area contributed by atoms with E-state index in [9.17, 15) is 0 Å². The lowest BCUT2D eigenvalue weighted by molar-refractivity contribution is 1.18. The first-order chi connectivity index (χ1) is 24.8. The maximum absolute atomic E-state index is 5.32. The van der Waals surface area contributed by atoms with Crippen molar-refractivity contribution in [2.45, 2.75) is 0 Å². The van der Waals surface area contributed by atoms with Crippen LogP contribution in [0, 0.1) is 0 Å². The molecule has 0 aliphatic carbocycles. The Balaban J connectivity index is 1.23. The highest BCUT2D eigenvalue weighted by Crippen LogP contribution is 2.40. The first kappa shape index (κ1) is 29.4. The third-order valence-electron chi connectivity index (χ3n) is 9.29. The van der Waals surface area contributed by atoms with Crippen LogP contribution in [0.2, 0.25) is 0 Å². The summed E-state index contributed by atoms with van der Waals surface area (Å²) in [6, 6.07) is 65.6. The Kier molecular flexibility index (Phi) is 7.49. The van der Waals surface area contributed by atoms with Crippen molar-refractivity contribution >= 4 is 21.7 Å². The van der Waals surface area contributed by atoms with Gasteiger partial charge in [-0.25, -0.2) is 15.0 Å². The van der Waals surface area contributed by atoms with Crippen molar-refractivity contribution in [3.05, 3.63) is 188 Å². The Labute approximate surface area is 291 Å². The summed E-state index contributed by atoms with van der Waals surface area (Å²) in [6.07, 6.45) is 0. The number of pyridine rings is 1. The molecule has 9 rings (SSSR count). The number of benzene rings is 7. The van der Waals surface area contributed by atoms with Gasteiger partial charge in [-0.05, 0) is 45.8 Å². The number of aromatic nitrogens is 3. The molecule has 0 amide bonds. The van der Waals surface area contributed by atoms with E-state index >= 15 is 0 Å². The van der Waals surface area contributed by atoms with Crippen LogP contribution in [0.15, 0.2) is 188 Å². The minimum Gasteiger partial charge on any atom is -0.247 e. The van der Waals surface area contributed by atoms with Gasteiger partial charge in [0.15, 0.2) is 5.82 Å². The molecule has 0 aliphatic heterocycles. The summed E-state index contributed by atoms with van der Waals surface area (Å²) in [4.78, 5) is 15.4. The largest absolute Gasteiger partial charge is 0.247 e. The van der Waals surface area contributed by atoms with E-state index in [2.05, 4.69) is 146 Å². The lowest BCUT2D eigenvalue weighted by atomic mass is 9.90. The third kappa shape index (κ3) is 5.51. The fraction of sp³-hybridized carbons (Fsp3) is 0. The highest BCUT2D eigenvalue weighted by molar-refractivity contribution is 6.16. The SMILES string of the molecule is c1ccc(-c2cc(-c3ccc(-c4cc(-c5ccccc5)nc5c4cc(-c4ccccc4)c4ccccc45)cc3)nc(-c3ccccc3)n2)cc1. The second kappa shape index (κ2) is 12.7. The average Bonchev–Trinajstić information content (AvgIpc) is 3.21. The van der Waals surface area contributed by atoms with Crippen molar-refractivity contribution in [2.75, 3.05) is 0 Å². The summed E-state index contributed by atoms with van der Waals surface area (Å²) in [6.45, 7) is 0. The molecule has 0 bridgehead atoms. The normalized spacial score (nSPS) is 11.2. The number of nitrogens with zero attached hydrogens (tertiary/aromatic N) is 3. The summed E-state index contributed by atoms with van der Waals surface area (Å²) in [5.74, 6) is 0.707. The van der Waals surface area contributed by atoms with E-state index in [1.54, 1.807) is 0 Å². The van der Waals surface area contributed by atoms with Gasteiger partial charge in [-0.3, -0.25) is 0 Å². The highest BCUT2D eigenvalue weighted by Gasteiger charge is 2.17. The van der Waals surface area contributed by atoms with Crippen molar-refractivity contribution in [3.8, 4) is 67.4 Å². The van der Waals surface area contributed by atoms with Crippen LogP contribution < -0.4 is 0 Å². The van der Waals surface area contributed by atoms with Crippen LogP contribution in [0.1, 0.15) is 0 Å². The van der Waals surface area contributed by atoms with Gasteiger partial charge in [0.05, 0.1) is 22.6 Å². The average molecular weight is 638 g/mol. The molecule has 50 heavy (non-hydrogen) atoms. The minimum atomic E-state index is 0.707. The molecule has 9 aromatic rings. The molecule has 0 atom stereocenters. The third-order valence-corrected chi connectivity index (χ3v) is 9.29. The van der Waals surface area contributed by atoms with E-state index in [0.29, 0.717) is 5.82 Å². The predicted octanol–water partition coefficient (Wildman–Crippen LogP) is 12.2. The Morgan fingerprint density at radius 1 is 0.260 bits per heavy atom. The summed E-state index contributed by atoms with van der Waals surface area (Å²) < 4.78 is 0. The summed E-state index contributed by atoms with van der Waals surface area (Å²) in [5, 5.41) is 3.45. The van der Waals surface area contributed by atoms with Crippen LogP contribution >= 0.6 is 0 Å². The molecule has 7 aromatic carbocycles. The Morgan fingerprint density at radius 2 is 0.660 bits per heavy atom. The van der Waals surface area contributed by atoms with E-state index in [1.807, 2.05) is 42.5 Å². The Bertz CT molecular complexity index is 2540. The maximum Gasteiger partial charge on any atom is 0.160 e. The highest BCUT2D eigenvalue weighted by atomic mass is 14.9. The Hall–Kier alpha value is -6.71. The van der Waals surface area contributed by atoms with Crippen molar-refractivity contribution < 1.29 is 0 Å². The predicted molar refractivity (Wildman–Crippen MR) is 207 cm³/mol. The molecule has 2 aromatic heterocycles. The van der Waals surface area contributed by atoms with Crippen LogP contribution in [-0.4, -0.2) is 15.0 Å². The van der Waals surface area contributed by atoms with E-state index in [4.69, 9.17) is 15.0 Å². The van der Waals surface area contributed by atoms with Crippen LogP contribution in [-0.2, 0) is 0 Å². The van der Waals surface area contributed by atoms with Gasteiger partial charge in [0, 0.05) is 33.0 Å². The van der Waals surface area contributed by atoms with Gasteiger partial charge in [-0.2, -0.15) is 0 Å². The molecule has 0 unspecified atom stereocenters. The van der Waals surface area contributed by atoms with Gasteiger partial charge in [0.1, 0.15) is 0 Å². The van der Waals surface area contributed by atoms with E-state index in [-0.39, 0.29) is 0 Å². The van der Waals surface area contributed by atoms with Crippen LogP contribution in [0.5, 0.6) is 0 Å². The molecule has 3 nitrogen and oxygen atoms in total. The molecular weight excluding hydrogens is 607 g/mol. The maximum atomic E-state index is 5.32. The van der Waals surface area contributed by atoms with Crippen LogP contribution in [0.4, 0.5) is 0 Å². The summed E-state index contributed by atoms with van der Waals surface area (Å²) in [7, 11) is 0. The molecule has 0 fully saturated rings. The quantitative estimate of drug-likeness (QED) is 0.170. The van der Waals surface area contributed by atoms with Gasteiger partial charge in [-0.1, -0.05) is 170 Å². The smallest absolute Gasteiger partial charge is 0.160 e. The second-order valence-corrected chi connectivity index (χ2v) is 12.4. The number of rotatable bonds is 6. The van der Waals surface area contributed by atoms with Crippen molar-refractivity contribution in [2.24, 2.45) is 0 Å².